The molecule has 0 bridgehead atoms. The van der Waals surface area contributed by atoms with Crippen molar-refractivity contribution in [2.24, 2.45) is 0 Å². The second-order valence-electron chi connectivity index (χ2n) is 6.76. The molecule has 1 aliphatic rings. The molecule has 31 heavy (non-hydrogen) atoms. The van der Waals surface area contributed by atoms with Crippen molar-refractivity contribution in [3.8, 4) is 16.9 Å². The largest absolute Gasteiger partial charge is 0.325 e. The molecule has 0 radical (unpaired) electrons. The van der Waals surface area contributed by atoms with Gasteiger partial charge in [-0.1, -0.05) is 48.5 Å². The fraction of sp³-hybridized carbons (Fsp3) is 0.0952. The zero-order valence-corrected chi connectivity index (χ0v) is 16.2. The number of nitrogens with one attached hydrogen (secondary N) is 4. The lowest BCUT2D eigenvalue weighted by atomic mass is 10.1. The van der Waals surface area contributed by atoms with Crippen molar-refractivity contribution in [1.82, 2.24) is 31.3 Å². The molecule has 156 valence electrons. The first-order valence-electron chi connectivity index (χ1n) is 9.42. The van der Waals surface area contributed by atoms with Crippen molar-refractivity contribution in [3.05, 3.63) is 72.4 Å². The molecule has 1 aliphatic heterocycles. The summed E-state index contributed by atoms with van der Waals surface area (Å²) in [5, 5.41) is 8.90. The molecule has 3 aromatic rings. The number of carbonyl (C=O) groups is 4. The number of benzene rings is 2. The van der Waals surface area contributed by atoms with E-state index in [1.807, 2.05) is 66.0 Å². The zero-order valence-electron chi connectivity index (χ0n) is 16.2. The number of para-hydroxylation sites is 1. The van der Waals surface area contributed by atoms with Crippen LogP contribution in [0.15, 0.2) is 66.9 Å². The maximum atomic E-state index is 12.8. The number of nitrogens with zero attached hydrogens (tertiary/aromatic N) is 2. The van der Waals surface area contributed by atoms with Crippen LogP contribution in [0, 0.1) is 0 Å². The van der Waals surface area contributed by atoms with Crippen LogP contribution in [0.4, 0.5) is 4.79 Å². The minimum atomic E-state index is -0.981. The van der Waals surface area contributed by atoms with E-state index in [0.717, 1.165) is 11.3 Å². The molecule has 0 saturated carbocycles. The van der Waals surface area contributed by atoms with E-state index < -0.39 is 29.8 Å². The molecule has 1 atom stereocenters. The minimum Gasteiger partial charge on any atom is -0.325 e. The van der Waals surface area contributed by atoms with Crippen molar-refractivity contribution < 1.29 is 19.2 Å². The van der Waals surface area contributed by atoms with Crippen molar-refractivity contribution in [2.45, 2.75) is 12.5 Å². The summed E-state index contributed by atoms with van der Waals surface area (Å²) in [6, 6.07) is 16.8. The highest BCUT2D eigenvalue weighted by atomic mass is 16.2. The molecule has 0 unspecified atom stereocenters. The molecular weight excluding hydrogens is 400 g/mol. The van der Waals surface area contributed by atoms with E-state index in [2.05, 4.69) is 21.3 Å². The van der Waals surface area contributed by atoms with E-state index in [1.165, 1.54) is 0 Å². The van der Waals surface area contributed by atoms with Gasteiger partial charge in [-0.25, -0.2) is 9.48 Å². The second-order valence-corrected chi connectivity index (χ2v) is 6.76. The van der Waals surface area contributed by atoms with Gasteiger partial charge in [-0.2, -0.15) is 5.10 Å². The topological polar surface area (TPSA) is 134 Å². The molecule has 5 amide bonds. The van der Waals surface area contributed by atoms with Gasteiger partial charge in [0.2, 0.25) is 5.91 Å². The van der Waals surface area contributed by atoms with E-state index in [0.29, 0.717) is 5.69 Å². The Morgan fingerprint density at radius 1 is 0.968 bits per heavy atom. The van der Waals surface area contributed by atoms with Crippen LogP contribution >= 0.6 is 0 Å². The van der Waals surface area contributed by atoms with Crippen molar-refractivity contribution in [2.75, 3.05) is 0 Å². The first kappa shape index (κ1) is 19.8. The van der Waals surface area contributed by atoms with Gasteiger partial charge in [-0.3, -0.25) is 30.6 Å². The van der Waals surface area contributed by atoms with E-state index in [1.54, 1.807) is 10.9 Å². The molecule has 0 spiro atoms. The van der Waals surface area contributed by atoms with Gasteiger partial charge in [0.05, 0.1) is 17.7 Å². The summed E-state index contributed by atoms with van der Waals surface area (Å²) < 4.78 is 1.58. The fourth-order valence-electron chi connectivity index (χ4n) is 3.10. The Bertz CT molecular complexity index is 1140. The summed E-state index contributed by atoms with van der Waals surface area (Å²) in [7, 11) is 0. The molecule has 10 nitrogen and oxygen atoms in total. The van der Waals surface area contributed by atoms with Gasteiger partial charge < -0.3 is 5.32 Å². The van der Waals surface area contributed by atoms with Crippen LogP contribution in [-0.2, 0) is 9.59 Å². The van der Waals surface area contributed by atoms with Crippen LogP contribution in [0.5, 0.6) is 0 Å². The third-order valence-electron chi connectivity index (χ3n) is 4.59. The van der Waals surface area contributed by atoms with Crippen LogP contribution in [0.2, 0.25) is 0 Å². The SMILES string of the molecule is O=C(C[C@@H]1NC(=O)NC1=O)NNC(=O)c1cn(-c2ccccc2)nc1-c1ccccc1. The number of amides is 5. The lowest BCUT2D eigenvalue weighted by Crippen LogP contribution is -2.44. The molecule has 4 rings (SSSR count). The average Bonchev–Trinajstić information content (AvgIpc) is 3.36. The molecular formula is C21H18N6O4. The predicted octanol–water partition coefficient (Wildman–Crippen LogP) is 0.898. The molecule has 2 aromatic carbocycles. The maximum Gasteiger partial charge on any atom is 0.322 e. The van der Waals surface area contributed by atoms with Crippen LogP contribution in [0.25, 0.3) is 16.9 Å². The van der Waals surface area contributed by atoms with Gasteiger partial charge in [-0.15, -0.1) is 0 Å². The molecule has 4 N–H and O–H groups in total. The first-order chi connectivity index (χ1) is 15.0. The highest BCUT2D eigenvalue weighted by Crippen LogP contribution is 2.23. The number of carbonyl (C=O) groups excluding carboxylic acids is 4. The Hall–Kier alpha value is -4.47. The first-order valence-corrected chi connectivity index (χ1v) is 9.42. The van der Waals surface area contributed by atoms with Crippen LogP contribution in [-0.4, -0.2) is 39.6 Å². The summed E-state index contributed by atoms with van der Waals surface area (Å²) in [5.74, 6) is -1.80. The molecule has 1 saturated heterocycles. The lowest BCUT2D eigenvalue weighted by Gasteiger charge is -2.09. The summed E-state index contributed by atoms with van der Waals surface area (Å²) in [4.78, 5) is 47.6. The highest BCUT2D eigenvalue weighted by molar-refractivity contribution is 6.06. The Balaban J connectivity index is 1.51. The lowest BCUT2D eigenvalue weighted by molar-refractivity contribution is -0.126. The maximum absolute atomic E-state index is 12.8. The van der Waals surface area contributed by atoms with Crippen LogP contribution in [0.1, 0.15) is 16.8 Å². The predicted molar refractivity (Wildman–Crippen MR) is 110 cm³/mol. The van der Waals surface area contributed by atoms with E-state index >= 15 is 0 Å². The normalized spacial score (nSPS) is 15.2. The standard InChI is InChI=1S/C21H18N6O4/c28-17(11-16-20(30)23-21(31)22-16)24-25-19(29)15-12-27(14-9-5-2-6-10-14)26-18(15)13-7-3-1-4-8-13/h1-10,12,16H,11H2,(H,24,28)(H,25,29)(H2,22,23,30,31)/t16-/m0/s1. The quantitative estimate of drug-likeness (QED) is 0.361. The number of aromatic nitrogens is 2. The van der Waals surface area contributed by atoms with E-state index in [-0.39, 0.29) is 12.0 Å². The molecule has 0 aliphatic carbocycles. The summed E-state index contributed by atoms with van der Waals surface area (Å²) in [6.45, 7) is 0. The van der Waals surface area contributed by atoms with Gasteiger partial charge in [0.1, 0.15) is 11.7 Å². The fourth-order valence-corrected chi connectivity index (χ4v) is 3.10. The summed E-state index contributed by atoms with van der Waals surface area (Å²) >= 11 is 0. The molecule has 2 heterocycles. The third-order valence-corrected chi connectivity index (χ3v) is 4.59. The Morgan fingerprint density at radius 2 is 1.65 bits per heavy atom. The number of hydrogen-bond donors (Lipinski definition) is 4. The smallest absolute Gasteiger partial charge is 0.322 e. The number of hydrogen-bond acceptors (Lipinski definition) is 5. The summed E-state index contributed by atoms with van der Waals surface area (Å²) in [6.07, 6.45) is 1.26. The monoisotopic (exact) mass is 418 g/mol. The number of rotatable bonds is 5. The molecule has 10 heteroatoms. The number of imide groups is 1. The second kappa shape index (κ2) is 8.49. The van der Waals surface area contributed by atoms with E-state index in [4.69, 9.17) is 0 Å². The van der Waals surface area contributed by atoms with Gasteiger partial charge in [0.15, 0.2) is 0 Å². The van der Waals surface area contributed by atoms with Crippen molar-refractivity contribution in [1.29, 1.82) is 0 Å². The Morgan fingerprint density at radius 3 is 2.29 bits per heavy atom. The van der Waals surface area contributed by atoms with Gasteiger partial charge in [0, 0.05) is 11.8 Å². The molecule has 1 aromatic heterocycles. The van der Waals surface area contributed by atoms with Gasteiger partial charge in [0.25, 0.3) is 11.8 Å². The third kappa shape index (κ3) is 4.42. The van der Waals surface area contributed by atoms with Crippen molar-refractivity contribution >= 4 is 23.8 Å². The minimum absolute atomic E-state index is 0.252. The van der Waals surface area contributed by atoms with Crippen molar-refractivity contribution in [3.63, 3.8) is 0 Å². The van der Waals surface area contributed by atoms with E-state index in [9.17, 15) is 19.2 Å². The van der Waals surface area contributed by atoms with Gasteiger partial charge in [-0.05, 0) is 12.1 Å². The Labute approximate surface area is 176 Å². The van der Waals surface area contributed by atoms with Gasteiger partial charge >= 0.3 is 6.03 Å². The zero-order chi connectivity index (χ0) is 21.8. The average molecular weight is 418 g/mol. The number of urea groups is 1. The van der Waals surface area contributed by atoms with Crippen LogP contribution in [0.3, 0.4) is 0 Å². The molecule has 1 fully saturated rings. The Kier molecular flexibility index (Phi) is 5.43. The highest BCUT2D eigenvalue weighted by Gasteiger charge is 2.31. The number of hydrazine groups is 1. The van der Waals surface area contributed by atoms with Crippen LogP contribution < -0.4 is 21.5 Å². The summed E-state index contributed by atoms with van der Waals surface area (Å²) in [5.41, 5.74) is 6.80.